The van der Waals surface area contributed by atoms with E-state index in [1.54, 1.807) is 6.33 Å². The van der Waals surface area contributed by atoms with Crippen LogP contribution in [0.15, 0.2) is 12.7 Å². The molecule has 2 aliphatic rings. The first-order valence-corrected chi connectivity index (χ1v) is 8.62. The van der Waals surface area contributed by atoms with E-state index in [-0.39, 0.29) is 23.9 Å². The smallest absolute Gasteiger partial charge is 0.323 e. The minimum atomic E-state index is -0.798. The van der Waals surface area contributed by atoms with Gasteiger partial charge in [0.05, 0.1) is 6.54 Å². The molecular formula is C16H26N6O2. The number of amides is 3. The lowest BCUT2D eigenvalue weighted by molar-refractivity contribution is -0.134. The van der Waals surface area contributed by atoms with E-state index in [2.05, 4.69) is 20.3 Å². The molecule has 0 saturated carbocycles. The largest absolute Gasteiger partial charge is 0.325 e. The van der Waals surface area contributed by atoms with Crippen LogP contribution in [0.25, 0.3) is 0 Å². The maximum Gasteiger partial charge on any atom is 0.325 e. The highest BCUT2D eigenvalue weighted by Crippen LogP contribution is 2.33. The van der Waals surface area contributed by atoms with Crippen LogP contribution in [0.4, 0.5) is 4.79 Å². The van der Waals surface area contributed by atoms with Gasteiger partial charge in [-0.05, 0) is 40.2 Å². The Labute approximate surface area is 142 Å². The van der Waals surface area contributed by atoms with Crippen LogP contribution in [0.2, 0.25) is 0 Å². The zero-order valence-electron chi connectivity index (χ0n) is 14.6. The molecule has 0 radical (unpaired) electrons. The van der Waals surface area contributed by atoms with E-state index in [4.69, 9.17) is 0 Å². The molecule has 0 spiro atoms. The van der Waals surface area contributed by atoms with Gasteiger partial charge in [-0.25, -0.2) is 9.78 Å². The molecule has 3 rings (SSSR count). The Kier molecular flexibility index (Phi) is 4.58. The van der Waals surface area contributed by atoms with Crippen LogP contribution in [0.3, 0.4) is 0 Å². The zero-order chi connectivity index (χ0) is 17.3. The van der Waals surface area contributed by atoms with Gasteiger partial charge >= 0.3 is 6.03 Å². The van der Waals surface area contributed by atoms with Gasteiger partial charge in [-0.2, -0.15) is 5.10 Å². The lowest BCUT2D eigenvalue weighted by Crippen LogP contribution is -2.56. The fourth-order valence-electron chi connectivity index (χ4n) is 3.75. The number of nitrogens with zero attached hydrogens (tertiary/aromatic N) is 5. The quantitative estimate of drug-likeness (QED) is 0.802. The second-order valence-corrected chi connectivity index (χ2v) is 7.20. The van der Waals surface area contributed by atoms with E-state index >= 15 is 0 Å². The second kappa shape index (κ2) is 6.51. The molecule has 0 aliphatic carbocycles. The molecule has 1 aromatic heterocycles. The molecule has 1 N–H and O–H groups in total. The number of likely N-dealkylation sites (tertiary alicyclic amines) is 1. The van der Waals surface area contributed by atoms with Crippen molar-refractivity contribution in [1.29, 1.82) is 0 Å². The van der Waals surface area contributed by atoms with Gasteiger partial charge in [0.15, 0.2) is 0 Å². The van der Waals surface area contributed by atoms with Crippen molar-refractivity contribution in [2.45, 2.75) is 51.7 Å². The van der Waals surface area contributed by atoms with Crippen molar-refractivity contribution in [3.63, 3.8) is 0 Å². The summed E-state index contributed by atoms with van der Waals surface area (Å²) in [4.78, 5) is 32.7. The van der Waals surface area contributed by atoms with Gasteiger partial charge in [-0.3, -0.25) is 14.4 Å². The lowest BCUT2D eigenvalue weighted by atomic mass is 9.80. The van der Waals surface area contributed by atoms with Gasteiger partial charge < -0.3 is 10.2 Å². The Morgan fingerprint density at radius 2 is 2.17 bits per heavy atom. The van der Waals surface area contributed by atoms with Crippen molar-refractivity contribution in [3.8, 4) is 0 Å². The first-order valence-electron chi connectivity index (χ1n) is 8.62. The van der Waals surface area contributed by atoms with Gasteiger partial charge in [0.1, 0.15) is 18.2 Å². The minimum absolute atomic E-state index is 0.0920. The summed E-state index contributed by atoms with van der Waals surface area (Å²) in [6.07, 6.45) is 5.23. The summed E-state index contributed by atoms with van der Waals surface area (Å²) < 4.78 is 1.81. The zero-order valence-corrected chi connectivity index (χ0v) is 14.6. The first-order chi connectivity index (χ1) is 11.4. The van der Waals surface area contributed by atoms with Gasteiger partial charge in [0.2, 0.25) is 0 Å². The monoisotopic (exact) mass is 334 g/mol. The van der Waals surface area contributed by atoms with Crippen LogP contribution >= 0.6 is 0 Å². The fourth-order valence-corrected chi connectivity index (χ4v) is 3.75. The van der Waals surface area contributed by atoms with Crippen molar-refractivity contribution in [2.75, 3.05) is 19.6 Å². The Morgan fingerprint density at radius 3 is 2.79 bits per heavy atom. The molecule has 8 nitrogen and oxygen atoms in total. The number of hydrogen-bond donors (Lipinski definition) is 1. The Hall–Kier alpha value is -1.96. The summed E-state index contributed by atoms with van der Waals surface area (Å²) in [5.41, 5.74) is -0.798. The average Bonchev–Trinajstić information content (AvgIpc) is 3.13. The summed E-state index contributed by atoms with van der Waals surface area (Å²) in [6, 6.07) is -0.386. The molecule has 8 heteroatoms. The third-order valence-electron chi connectivity index (χ3n) is 5.20. The maximum atomic E-state index is 12.8. The number of piperidine rings is 1. The Balaban J connectivity index is 1.65. The summed E-state index contributed by atoms with van der Waals surface area (Å²) in [7, 11) is 0. The van der Waals surface area contributed by atoms with Crippen molar-refractivity contribution in [1.82, 2.24) is 29.9 Å². The summed E-state index contributed by atoms with van der Waals surface area (Å²) in [5.74, 6) is 0.0350. The van der Waals surface area contributed by atoms with E-state index in [0.717, 1.165) is 39.0 Å². The number of aromatic nitrogens is 3. The molecule has 3 amide bonds. The van der Waals surface area contributed by atoms with Crippen LogP contribution in [0.5, 0.6) is 0 Å². The van der Waals surface area contributed by atoms with E-state index in [1.807, 2.05) is 25.5 Å². The van der Waals surface area contributed by atoms with Gasteiger partial charge in [0, 0.05) is 25.0 Å². The number of hydrogen-bond acceptors (Lipinski definition) is 5. The van der Waals surface area contributed by atoms with Crippen LogP contribution in [-0.2, 0) is 11.3 Å². The highest BCUT2D eigenvalue weighted by molar-refractivity contribution is 6.07. The van der Waals surface area contributed by atoms with Crippen LogP contribution in [0.1, 0.15) is 33.6 Å². The molecule has 3 heterocycles. The molecule has 2 atom stereocenters. The molecule has 132 valence electrons. The second-order valence-electron chi connectivity index (χ2n) is 7.20. The van der Waals surface area contributed by atoms with E-state index in [0.29, 0.717) is 0 Å². The van der Waals surface area contributed by atoms with Crippen molar-refractivity contribution >= 4 is 11.9 Å². The number of rotatable bonds is 5. The van der Waals surface area contributed by atoms with Gasteiger partial charge in [0.25, 0.3) is 5.91 Å². The van der Waals surface area contributed by atoms with Crippen LogP contribution < -0.4 is 5.32 Å². The third kappa shape index (κ3) is 3.02. The summed E-state index contributed by atoms with van der Waals surface area (Å²) in [5, 5.41) is 7.08. The van der Waals surface area contributed by atoms with Crippen LogP contribution in [-0.4, -0.2) is 67.7 Å². The Bertz CT molecular complexity index is 602. The minimum Gasteiger partial charge on any atom is -0.323 e. The predicted octanol–water partition coefficient (Wildman–Crippen LogP) is 0.709. The molecule has 2 fully saturated rings. The molecule has 0 bridgehead atoms. The molecule has 24 heavy (non-hydrogen) atoms. The average molecular weight is 334 g/mol. The summed E-state index contributed by atoms with van der Waals surface area (Å²) >= 11 is 0. The lowest BCUT2D eigenvalue weighted by Gasteiger charge is -2.39. The topological polar surface area (TPSA) is 83.4 Å². The van der Waals surface area contributed by atoms with Gasteiger partial charge in [-0.1, -0.05) is 0 Å². The fraction of sp³-hybridized carbons (Fsp3) is 0.750. The molecular weight excluding hydrogens is 308 g/mol. The third-order valence-corrected chi connectivity index (χ3v) is 5.20. The van der Waals surface area contributed by atoms with E-state index in [1.165, 1.54) is 11.2 Å². The predicted molar refractivity (Wildman–Crippen MR) is 88.1 cm³/mol. The normalized spacial score (nSPS) is 28.7. The van der Waals surface area contributed by atoms with Crippen molar-refractivity contribution in [2.24, 2.45) is 5.92 Å². The van der Waals surface area contributed by atoms with E-state index < -0.39 is 5.54 Å². The molecule has 0 unspecified atom stereocenters. The number of urea groups is 1. The number of imide groups is 1. The first kappa shape index (κ1) is 16.9. The maximum absolute atomic E-state index is 12.8. The van der Waals surface area contributed by atoms with Gasteiger partial charge in [-0.15, -0.1) is 0 Å². The number of nitrogens with one attached hydrogen (secondary N) is 1. The molecule has 2 aliphatic heterocycles. The highest BCUT2D eigenvalue weighted by atomic mass is 16.2. The standard InChI is InChI=1S/C16H26N6O2/c1-12(2)22-14(23)16(3,19-15(22)24)13-5-4-6-20(9-13)7-8-21-11-17-10-18-21/h10-13H,4-9H2,1-3H3,(H,19,24)/t13-,16-/m0/s1. The number of carbonyl (C=O) groups is 2. The Morgan fingerprint density at radius 1 is 1.38 bits per heavy atom. The highest BCUT2D eigenvalue weighted by Gasteiger charge is 2.53. The molecule has 2 saturated heterocycles. The van der Waals surface area contributed by atoms with Crippen molar-refractivity contribution < 1.29 is 9.59 Å². The summed E-state index contributed by atoms with van der Waals surface area (Å²) in [6.45, 7) is 9.08. The molecule has 0 aromatic carbocycles. The van der Waals surface area contributed by atoms with E-state index in [9.17, 15) is 9.59 Å². The molecule has 1 aromatic rings. The van der Waals surface area contributed by atoms with Crippen molar-refractivity contribution in [3.05, 3.63) is 12.7 Å². The van der Waals surface area contributed by atoms with Crippen LogP contribution in [0, 0.1) is 5.92 Å². The number of carbonyl (C=O) groups excluding carboxylic acids is 2. The SMILES string of the molecule is CC(C)N1C(=O)N[C@@](C)([C@H]2CCCN(CCn3cncn3)C2)C1=O.